The molecular formula is C33H51Cl3N6O4S2Si2. The fraction of sp³-hybridized carbons (Fsp3) is 0.606. The molecular weight excluding hydrogens is 771 g/mol. The minimum absolute atomic E-state index is 0.0740. The number of aromatic nitrogens is 6. The van der Waals surface area contributed by atoms with Crippen LogP contribution in [0.2, 0.25) is 46.3 Å². The molecule has 4 heterocycles. The highest BCUT2D eigenvalue weighted by molar-refractivity contribution is 7.13. The van der Waals surface area contributed by atoms with E-state index in [-0.39, 0.29) is 22.3 Å². The van der Waals surface area contributed by atoms with Crippen LogP contribution >= 0.6 is 57.5 Å². The predicted molar refractivity (Wildman–Crippen MR) is 212 cm³/mol. The van der Waals surface area contributed by atoms with Crippen LogP contribution in [0.15, 0.2) is 10.8 Å². The largest absolute Gasteiger partial charge is 0.465 e. The van der Waals surface area contributed by atoms with Crippen LogP contribution in [0.25, 0.3) is 10.0 Å². The minimum atomic E-state index is -2.00. The number of thiophene rings is 2. The van der Waals surface area contributed by atoms with Crippen molar-refractivity contribution in [2.24, 2.45) is 0 Å². The molecule has 0 aliphatic carbocycles. The van der Waals surface area contributed by atoms with E-state index in [2.05, 4.69) is 88.1 Å². The molecule has 0 aliphatic rings. The summed E-state index contributed by atoms with van der Waals surface area (Å²) >= 11 is 21.5. The summed E-state index contributed by atoms with van der Waals surface area (Å²) in [5.41, 5.74) is 1.23. The lowest BCUT2D eigenvalue weighted by Crippen LogP contribution is -2.41. The SMILES string of the molecule is COC(=O)c1c(Cl)csc1-n1c(C)nnc1[C@H](C)O[Si](C)(C)C(C)(C)C.Cc1nnc([C@H](C)O[Si](C)(C)C(C)(C)C)n1-c1scc(Cl)c1CCl. The van der Waals surface area contributed by atoms with Gasteiger partial charge in [0.15, 0.2) is 28.3 Å². The lowest BCUT2D eigenvalue weighted by molar-refractivity contribution is 0.0601. The fourth-order valence-electron chi connectivity index (χ4n) is 4.57. The number of carbonyl (C=O) groups is 1. The molecule has 0 bridgehead atoms. The average molecular weight is 822 g/mol. The monoisotopic (exact) mass is 820 g/mol. The van der Waals surface area contributed by atoms with Crippen molar-refractivity contribution in [3.05, 3.63) is 55.2 Å². The Morgan fingerprint density at radius 1 is 0.780 bits per heavy atom. The third-order valence-electron chi connectivity index (χ3n) is 9.46. The maximum atomic E-state index is 12.2. The van der Waals surface area contributed by atoms with Crippen molar-refractivity contribution in [3.8, 4) is 10.0 Å². The molecule has 0 unspecified atom stereocenters. The van der Waals surface area contributed by atoms with Gasteiger partial charge in [-0.25, -0.2) is 4.79 Å². The van der Waals surface area contributed by atoms with Crippen molar-refractivity contribution < 1.29 is 18.4 Å². The first-order valence-electron chi connectivity index (χ1n) is 16.3. The summed E-state index contributed by atoms with van der Waals surface area (Å²) in [6.45, 7) is 29.9. The van der Waals surface area contributed by atoms with Gasteiger partial charge in [0, 0.05) is 16.3 Å². The minimum Gasteiger partial charge on any atom is -0.465 e. The van der Waals surface area contributed by atoms with Crippen molar-refractivity contribution in [2.45, 2.75) is 124 Å². The quantitative estimate of drug-likeness (QED) is 0.0884. The molecule has 2 atom stereocenters. The van der Waals surface area contributed by atoms with Crippen LogP contribution in [0.5, 0.6) is 0 Å². The van der Waals surface area contributed by atoms with Crippen LogP contribution in [0.4, 0.5) is 0 Å². The zero-order chi connectivity index (χ0) is 38.1. The molecule has 50 heavy (non-hydrogen) atoms. The lowest BCUT2D eigenvalue weighted by atomic mass is 10.2. The molecule has 0 fully saturated rings. The standard InChI is InChI=1S/C17H26ClN3O3SSi.C16H25Cl2N3OSSi/c1-10(24-26(7,8)17(3,4)5)14-20-19-11(2)21(14)15-13(16(22)23-6)12(18)9-25-15;1-10(22-24(6,7)16(3,4)5)14-20-19-11(2)21(14)15-12(8-17)13(18)9-23-15/h9-10H,1-8H3;9-10H,8H2,1-7H3/t2*10-/m00/s1. The number of rotatable bonds is 10. The Morgan fingerprint density at radius 3 is 1.58 bits per heavy atom. The van der Waals surface area contributed by atoms with E-state index >= 15 is 0 Å². The summed E-state index contributed by atoms with van der Waals surface area (Å²) < 4.78 is 21.7. The van der Waals surface area contributed by atoms with Gasteiger partial charge in [-0.1, -0.05) is 64.7 Å². The average Bonchev–Trinajstić information content (AvgIpc) is 3.76. The normalized spacial score (nSPS) is 14.0. The number of methoxy groups -OCH3 is 1. The Bertz CT molecular complexity index is 1790. The molecule has 0 radical (unpaired) electrons. The second-order valence-electron chi connectivity index (χ2n) is 15.2. The lowest BCUT2D eigenvalue weighted by Gasteiger charge is -2.38. The van der Waals surface area contributed by atoms with Gasteiger partial charge >= 0.3 is 5.97 Å². The molecule has 0 saturated heterocycles. The van der Waals surface area contributed by atoms with Crippen molar-refractivity contribution >= 4 is 80.1 Å². The van der Waals surface area contributed by atoms with Gasteiger partial charge < -0.3 is 13.6 Å². The third-order valence-corrected chi connectivity index (χ3v) is 21.7. The molecule has 0 N–H and O–H groups in total. The van der Waals surface area contributed by atoms with Crippen molar-refractivity contribution in [1.29, 1.82) is 0 Å². The van der Waals surface area contributed by atoms with Crippen molar-refractivity contribution in [1.82, 2.24) is 29.5 Å². The number of ether oxygens (including phenoxy) is 1. The maximum absolute atomic E-state index is 12.2. The van der Waals surface area contributed by atoms with Gasteiger partial charge in [-0.2, -0.15) is 0 Å². The van der Waals surface area contributed by atoms with Gasteiger partial charge in [-0.05, 0) is 64.0 Å². The topological polar surface area (TPSA) is 106 Å². The van der Waals surface area contributed by atoms with E-state index < -0.39 is 22.6 Å². The van der Waals surface area contributed by atoms with E-state index in [9.17, 15) is 4.79 Å². The zero-order valence-corrected chi connectivity index (χ0v) is 37.7. The third kappa shape index (κ3) is 9.11. The number of esters is 1. The molecule has 0 saturated carbocycles. The molecule has 17 heteroatoms. The molecule has 4 rings (SSSR count). The maximum Gasteiger partial charge on any atom is 0.342 e. The van der Waals surface area contributed by atoms with Crippen LogP contribution in [0.1, 0.15) is 107 Å². The van der Waals surface area contributed by atoms with E-state index in [1.165, 1.54) is 18.4 Å². The molecule has 0 spiro atoms. The predicted octanol–water partition coefficient (Wildman–Crippen LogP) is 11.3. The van der Waals surface area contributed by atoms with Crippen LogP contribution in [0.3, 0.4) is 0 Å². The van der Waals surface area contributed by atoms with Crippen LogP contribution in [-0.2, 0) is 19.5 Å². The Labute approximate surface area is 322 Å². The Morgan fingerprint density at radius 2 is 1.18 bits per heavy atom. The second-order valence-corrected chi connectivity index (χ2v) is 27.5. The van der Waals surface area contributed by atoms with Gasteiger partial charge in [0.1, 0.15) is 39.4 Å². The number of carbonyl (C=O) groups excluding carboxylic acids is 1. The molecule has 0 amide bonds. The highest BCUT2D eigenvalue weighted by atomic mass is 35.5. The fourth-order valence-corrected chi connectivity index (χ4v) is 10.4. The number of nitrogens with zero attached hydrogens (tertiary/aromatic N) is 6. The number of aryl methyl sites for hydroxylation is 2. The first-order valence-corrected chi connectivity index (χ1v) is 25.1. The summed E-state index contributed by atoms with van der Waals surface area (Å²) in [7, 11) is -2.57. The number of hydrogen-bond acceptors (Lipinski definition) is 10. The molecule has 4 aromatic heterocycles. The van der Waals surface area contributed by atoms with Gasteiger partial charge in [0.25, 0.3) is 0 Å². The summed E-state index contributed by atoms with van der Waals surface area (Å²) in [5.74, 6) is 2.78. The zero-order valence-electron chi connectivity index (χ0n) is 31.8. The molecule has 10 nitrogen and oxygen atoms in total. The molecule has 0 aliphatic heterocycles. The van der Waals surface area contributed by atoms with Crippen LogP contribution in [-0.4, -0.2) is 59.2 Å². The first kappa shape index (κ1) is 42.8. The van der Waals surface area contributed by atoms with Gasteiger partial charge in [0.2, 0.25) is 0 Å². The molecule has 4 aromatic rings. The Balaban J connectivity index is 0.000000271. The Kier molecular flexibility index (Phi) is 13.8. The van der Waals surface area contributed by atoms with E-state index in [1.54, 1.807) is 16.7 Å². The Hall–Kier alpha value is -1.63. The van der Waals surface area contributed by atoms with Crippen LogP contribution in [0, 0.1) is 13.8 Å². The molecule has 0 aromatic carbocycles. The van der Waals surface area contributed by atoms with E-state index in [0.717, 1.165) is 22.2 Å². The van der Waals surface area contributed by atoms with Gasteiger partial charge in [-0.15, -0.1) is 54.7 Å². The number of alkyl halides is 1. The molecule has 278 valence electrons. The number of hydrogen-bond donors (Lipinski definition) is 0. The van der Waals surface area contributed by atoms with E-state index in [1.807, 2.05) is 42.2 Å². The van der Waals surface area contributed by atoms with Crippen molar-refractivity contribution in [3.63, 3.8) is 0 Å². The summed E-state index contributed by atoms with van der Waals surface area (Å²) in [6.07, 6.45) is -0.431. The highest BCUT2D eigenvalue weighted by Gasteiger charge is 2.41. The van der Waals surface area contributed by atoms with Crippen LogP contribution < -0.4 is 0 Å². The van der Waals surface area contributed by atoms with E-state index in [4.69, 9.17) is 48.4 Å². The van der Waals surface area contributed by atoms with Gasteiger partial charge in [0.05, 0.1) is 23.0 Å². The summed E-state index contributed by atoms with van der Waals surface area (Å²) in [6, 6.07) is 0. The second kappa shape index (κ2) is 16.2. The highest BCUT2D eigenvalue weighted by Crippen LogP contribution is 2.42. The summed E-state index contributed by atoms with van der Waals surface area (Å²) in [5, 5.41) is 23.6. The van der Waals surface area contributed by atoms with Crippen molar-refractivity contribution in [2.75, 3.05) is 7.11 Å². The smallest absolute Gasteiger partial charge is 0.342 e. The first-order chi connectivity index (χ1) is 22.9. The van der Waals surface area contributed by atoms with Gasteiger partial charge in [-0.3, -0.25) is 9.13 Å². The van der Waals surface area contributed by atoms with E-state index in [0.29, 0.717) is 38.1 Å². The number of halogens is 3. The summed E-state index contributed by atoms with van der Waals surface area (Å²) in [4.78, 5) is 12.2.